The van der Waals surface area contributed by atoms with E-state index in [1.165, 1.54) is 19.3 Å². The van der Waals surface area contributed by atoms with Gasteiger partial charge in [0, 0.05) is 0 Å². The van der Waals surface area contributed by atoms with E-state index in [1.54, 1.807) is 70.6 Å². The Balaban J connectivity index is 1.39. The van der Waals surface area contributed by atoms with Crippen LogP contribution in [0, 0.1) is 41.4 Å². The Morgan fingerprint density at radius 2 is 1.45 bits per heavy atom. The van der Waals surface area contributed by atoms with Crippen molar-refractivity contribution in [3.05, 3.63) is 0 Å². The average molecular weight is 303 g/mol. The summed E-state index contributed by atoms with van der Waals surface area (Å²) in [6, 6.07) is 0. The molecule has 0 aromatic carbocycles. The van der Waals surface area contributed by atoms with E-state index in [2.05, 4.69) is 6.92 Å². The van der Waals surface area contributed by atoms with Crippen LogP contribution in [0.3, 0.4) is 0 Å². The lowest BCUT2D eigenvalue weighted by Gasteiger charge is -2.32. The van der Waals surface area contributed by atoms with Gasteiger partial charge < -0.3 is 0 Å². The lowest BCUT2D eigenvalue weighted by molar-refractivity contribution is 0.178. The Labute approximate surface area is 138 Å². The Hall–Kier alpha value is 0. The molecule has 6 atom stereocenters. The molecule has 0 saturated heterocycles. The summed E-state index contributed by atoms with van der Waals surface area (Å²) in [5.74, 6) is 7.99. The van der Waals surface area contributed by atoms with E-state index in [4.69, 9.17) is 0 Å². The van der Waals surface area contributed by atoms with Crippen LogP contribution in [-0.4, -0.2) is 0 Å². The fourth-order valence-electron chi connectivity index (χ4n) is 7.59. The van der Waals surface area contributed by atoms with Gasteiger partial charge in [0.15, 0.2) is 0 Å². The Kier molecular flexibility index (Phi) is 4.84. The van der Waals surface area contributed by atoms with Crippen molar-refractivity contribution >= 4 is 0 Å². The van der Waals surface area contributed by atoms with Crippen LogP contribution in [-0.2, 0) is 0 Å². The first-order chi connectivity index (χ1) is 10.9. The largest absolute Gasteiger partial charge is 0.0654 e. The lowest BCUT2D eigenvalue weighted by Crippen LogP contribution is -2.23. The van der Waals surface area contributed by atoms with Crippen LogP contribution in [0.2, 0.25) is 0 Å². The second-order valence-electron chi connectivity index (χ2n) is 9.44. The zero-order valence-electron chi connectivity index (χ0n) is 14.9. The third kappa shape index (κ3) is 2.89. The predicted octanol–water partition coefficient (Wildman–Crippen LogP) is 6.84. The van der Waals surface area contributed by atoms with Gasteiger partial charge >= 0.3 is 0 Å². The van der Waals surface area contributed by atoms with Gasteiger partial charge in [-0.25, -0.2) is 0 Å². The van der Waals surface area contributed by atoms with Gasteiger partial charge in [-0.2, -0.15) is 0 Å². The molecule has 0 radical (unpaired) electrons. The first-order valence-corrected chi connectivity index (χ1v) is 10.9. The molecule has 0 bridgehead atoms. The van der Waals surface area contributed by atoms with E-state index in [1.807, 2.05) is 0 Å². The molecule has 0 aromatic rings. The molecule has 126 valence electrons. The summed E-state index contributed by atoms with van der Waals surface area (Å²) in [5.41, 5.74) is 0. The summed E-state index contributed by atoms with van der Waals surface area (Å²) in [7, 11) is 0. The van der Waals surface area contributed by atoms with Crippen LogP contribution in [0.15, 0.2) is 0 Å². The van der Waals surface area contributed by atoms with Crippen molar-refractivity contribution in [2.75, 3.05) is 0 Å². The van der Waals surface area contributed by atoms with Crippen LogP contribution in [0.25, 0.3) is 0 Å². The summed E-state index contributed by atoms with van der Waals surface area (Å²) >= 11 is 0. The lowest BCUT2D eigenvalue weighted by atomic mass is 9.73. The molecule has 4 saturated carbocycles. The number of hydrogen-bond acceptors (Lipinski definition) is 0. The molecule has 0 aliphatic heterocycles. The Bertz CT molecular complexity index is 353. The highest BCUT2D eigenvalue weighted by atomic mass is 14.5. The summed E-state index contributed by atoms with van der Waals surface area (Å²) < 4.78 is 0. The molecule has 0 spiro atoms. The number of fused-ring (bicyclic) bond motifs is 1. The second-order valence-corrected chi connectivity index (χ2v) is 9.44. The monoisotopic (exact) mass is 302 g/mol. The van der Waals surface area contributed by atoms with Crippen molar-refractivity contribution in [3.8, 4) is 0 Å². The van der Waals surface area contributed by atoms with Crippen molar-refractivity contribution in [3.63, 3.8) is 0 Å². The molecule has 0 nitrogen and oxygen atoms in total. The maximum atomic E-state index is 2.40. The van der Waals surface area contributed by atoms with Crippen LogP contribution >= 0.6 is 0 Å². The van der Waals surface area contributed by atoms with Crippen molar-refractivity contribution in [1.29, 1.82) is 0 Å². The third-order valence-electron chi connectivity index (χ3n) is 8.44. The minimum absolute atomic E-state index is 1.11. The quantitative estimate of drug-likeness (QED) is 0.533. The van der Waals surface area contributed by atoms with Gasteiger partial charge in [-0.1, -0.05) is 64.7 Å². The van der Waals surface area contributed by atoms with Crippen molar-refractivity contribution in [2.24, 2.45) is 41.4 Å². The topological polar surface area (TPSA) is 0 Å². The van der Waals surface area contributed by atoms with Gasteiger partial charge in [0.1, 0.15) is 0 Å². The van der Waals surface area contributed by atoms with Crippen LogP contribution < -0.4 is 0 Å². The molecule has 4 fully saturated rings. The second kappa shape index (κ2) is 6.86. The fraction of sp³-hybridized carbons (Fsp3) is 1.00. The normalized spacial score (nSPS) is 46.2. The average Bonchev–Trinajstić information content (AvgIpc) is 3.22. The van der Waals surface area contributed by atoms with E-state index in [-0.39, 0.29) is 0 Å². The SMILES string of the molecule is CCCC1CCCC1C1CC2CCC(C3CCCCC3)C2C1. The van der Waals surface area contributed by atoms with E-state index in [9.17, 15) is 0 Å². The molecule has 4 aliphatic carbocycles. The molecule has 0 N–H and O–H groups in total. The van der Waals surface area contributed by atoms with Crippen LogP contribution in [0.1, 0.15) is 96.8 Å². The molecule has 6 unspecified atom stereocenters. The van der Waals surface area contributed by atoms with Crippen LogP contribution in [0.5, 0.6) is 0 Å². The van der Waals surface area contributed by atoms with Gasteiger partial charge in [-0.15, -0.1) is 0 Å². The minimum Gasteiger partial charge on any atom is -0.0654 e. The van der Waals surface area contributed by atoms with Gasteiger partial charge in [0.05, 0.1) is 0 Å². The molecular formula is C22H38. The molecule has 0 amide bonds. The number of hydrogen-bond donors (Lipinski definition) is 0. The van der Waals surface area contributed by atoms with Crippen LogP contribution in [0.4, 0.5) is 0 Å². The maximum absolute atomic E-state index is 2.40. The Morgan fingerprint density at radius 3 is 2.27 bits per heavy atom. The van der Waals surface area contributed by atoms with Crippen molar-refractivity contribution < 1.29 is 0 Å². The van der Waals surface area contributed by atoms with E-state index in [0.717, 1.165) is 41.4 Å². The molecule has 0 heterocycles. The smallest absolute Gasteiger partial charge is 0.0352 e. The zero-order chi connectivity index (χ0) is 14.9. The zero-order valence-corrected chi connectivity index (χ0v) is 14.9. The van der Waals surface area contributed by atoms with E-state index >= 15 is 0 Å². The van der Waals surface area contributed by atoms with Gasteiger partial charge in [-0.3, -0.25) is 0 Å². The van der Waals surface area contributed by atoms with Gasteiger partial charge in [0.25, 0.3) is 0 Å². The number of rotatable bonds is 4. The summed E-state index contributed by atoms with van der Waals surface area (Å²) in [6.07, 6.45) is 21.9. The Morgan fingerprint density at radius 1 is 0.591 bits per heavy atom. The fourth-order valence-corrected chi connectivity index (χ4v) is 7.59. The van der Waals surface area contributed by atoms with Gasteiger partial charge in [-0.05, 0) is 73.5 Å². The molecule has 4 rings (SSSR count). The van der Waals surface area contributed by atoms with Gasteiger partial charge in [0.2, 0.25) is 0 Å². The molecular weight excluding hydrogens is 264 g/mol. The third-order valence-corrected chi connectivity index (χ3v) is 8.44. The molecule has 22 heavy (non-hydrogen) atoms. The van der Waals surface area contributed by atoms with E-state index < -0.39 is 0 Å². The maximum Gasteiger partial charge on any atom is -0.0352 e. The molecule has 4 aliphatic rings. The highest BCUT2D eigenvalue weighted by Crippen LogP contribution is 2.58. The molecule has 0 heteroatoms. The highest BCUT2D eigenvalue weighted by molar-refractivity contribution is 4.98. The van der Waals surface area contributed by atoms with Crippen molar-refractivity contribution in [1.82, 2.24) is 0 Å². The first-order valence-electron chi connectivity index (χ1n) is 10.9. The first kappa shape index (κ1) is 15.5. The molecule has 0 aromatic heterocycles. The van der Waals surface area contributed by atoms with Crippen molar-refractivity contribution in [2.45, 2.75) is 96.8 Å². The predicted molar refractivity (Wildman–Crippen MR) is 94.7 cm³/mol. The summed E-state index contributed by atoms with van der Waals surface area (Å²) in [5, 5.41) is 0. The minimum atomic E-state index is 1.11. The summed E-state index contributed by atoms with van der Waals surface area (Å²) in [4.78, 5) is 0. The standard InChI is InChI=1S/C22H38/c1-2-7-16-10-6-11-20(16)19-14-18-12-13-21(22(18)15-19)17-8-4-3-5-9-17/h16-22H,2-15H2,1H3. The van der Waals surface area contributed by atoms with E-state index in [0.29, 0.717) is 0 Å². The highest BCUT2D eigenvalue weighted by Gasteiger charge is 2.48. The summed E-state index contributed by atoms with van der Waals surface area (Å²) in [6.45, 7) is 2.40.